The molecular weight excluding hydrogens is 354 g/mol. The van der Waals surface area contributed by atoms with Gasteiger partial charge in [-0.3, -0.25) is 9.48 Å². The molecule has 0 bridgehead atoms. The van der Waals surface area contributed by atoms with Crippen molar-refractivity contribution in [1.29, 1.82) is 0 Å². The lowest BCUT2D eigenvalue weighted by Crippen LogP contribution is -2.32. The van der Waals surface area contributed by atoms with E-state index in [2.05, 4.69) is 39.1 Å². The van der Waals surface area contributed by atoms with E-state index in [1.165, 1.54) is 4.88 Å². The molecule has 3 heterocycles. The number of thiophene rings is 1. The van der Waals surface area contributed by atoms with E-state index < -0.39 is 0 Å². The highest BCUT2D eigenvalue weighted by Gasteiger charge is 2.21. The van der Waals surface area contributed by atoms with Crippen LogP contribution in [0, 0.1) is 13.8 Å². The molecule has 0 aliphatic heterocycles. The Morgan fingerprint density at radius 2 is 2.24 bits per heavy atom. The minimum absolute atomic E-state index is 0.0202. The first-order valence-electron chi connectivity index (χ1n) is 8.25. The van der Waals surface area contributed by atoms with Gasteiger partial charge in [0.1, 0.15) is 10.9 Å². The molecule has 0 spiro atoms. The van der Waals surface area contributed by atoms with Crippen LogP contribution in [0.2, 0.25) is 0 Å². The predicted molar refractivity (Wildman–Crippen MR) is 100 cm³/mol. The van der Waals surface area contributed by atoms with E-state index in [0.717, 1.165) is 41.5 Å². The van der Waals surface area contributed by atoms with E-state index in [-0.39, 0.29) is 11.9 Å². The predicted octanol–water partition coefficient (Wildman–Crippen LogP) is 3.38. The second-order valence-corrected chi connectivity index (χ2v) is 7.65. The number of nitrogens with zero attached hydrogens (tertiary/aromatic N) is 4. The number of nitrogens with one attached hydrogen (secondary N) is 1. The molecule has 0 fully saturated rings. The molecule has 0 aliphatic rings. The molecular formula is C17H21N5OS2. The van der Waals surface area contributed by atoms with Gasteiger partial charge in [-0.2, -0.15) is 5.10 Å². The summed E-state index contributed by atoms with van der Waals surface area (Å²) in [5, 5.41) is 13.8. The summed E-state index contributed by atoms with van der Waals surface area (Å²) in [5.74, 6) is -0.110. The van der Waals surface area contributed by atoms with Gasteiger partial charge in [0.2, 0.25) is 0 Å². The van der Waals surface area contributed by atoms with E-state index >= 15 is 0 Å². The minimum atomic E-state index is -0.110. The van der Waals surface area contributed by atoms with Crippen molar-refractivity contribution < 1.29 is 4.79 Å². The average molecular weight is 376 g/mol. The number of aromatic nitrogens is 4. The van der Waals surface area contributed by atoms with Crippen molar-refractivity contribution in [2.45, 2.75) is 39.7 Å². The van der Waals surface area contributed by atoms with Gasteiger partial charge in [0.05, 0.1) is 11.4 Å². The zero-order valence-electron chi connectivity index (χ0n) is 14.5. The van der Waals surface area contributed by atoms with Crippen LogP contribution in [0.5, 0.6) is 0 Å². The first-order chi connectivity index (χ1) is 12.1. The number of rotatable bonds is 7. The summed E-state index contributed by atoms with van der Waals surface area (Å²) >= 11 is 2.83. The fourth-order valence-corrected chi connectivity index (χ4v) is 4.24. The van der Waals surface area contributed by atoms with Crippen molar-refractivity contribution in [3.8, 4) is 0 Å². The quantitative estimate of drug-likeness (QED) is 0.687. The van der Waals surface area contributed by atoms with E-state index in [1.807, 2.05) is 30.0 Å². The SMILES string of the molecule is CCCc1nnsc1C(=O)NCC(c1cccs1)n1nc(C)cc1C. The number of amides is 1. The molecule has 3 aromatic rings. The molecule has 0 saturated carbocycles. The first-order valence-corrected chi connectivity index (χ1v) is 9.91. The molecule has 25 heavy (non-hydrogen) atoms. The molecule has 0 aromatic carbocycles. The Bertz CT molecular complexity index is 837. The first kappa shape index (κ1) is 17.8. The van der Waals surface area contributed by atoms with Crippen LogP contribution in [-0.2, 0) is 6.42 Å². The summed E-state index contributed by atoms with van der Waals surface area (Å²) < 4.78 is 5.92. The third kappa shape index (κ3) is 3.96. The molecule has 6 nitrogen and oxygen atoms in total. The van der Waals surface area contributed by atoms with Gasteiger partial charge in [-0.15, -0.1) is 16.4 Å². The molecule has 1 atom stereocenters. The van der Waals surface area contributed by atoms with Crippen LogP contribution in [-0.4, -0.2) is 31.8 Å². The highest BCUT2D eigenvalue weighted by Crippen LogP contribution is 2.24. The second-order valence-electron chi connectivity index (χ2n) is 5.91. The third-order valence-electron chi connectivity index (χ3n) is 3.92. The molecule has 3 rings (SSSR count). The van der Waals surface area contributed by atoms with Crippen molar-refractivity contribution in [1.82, 2.24) is 24.7 Å². The van der Waals surface area contributed by atoms with Crippen molar-refractivity contribution in [3.63, 3.8) is 0 Å². The van der Waals surface area contributed by atoms with Crippen LogP contribution in [0.25, 0.3) is 0 Å². The van der Waals surface area contributed by atoms with Gasteiger partial charge in [0, 0.05) is 17.1 Å². The van der Waals surface area contributed by atoms with Crippen molar-refractivity contribution in [3.05, 3.63) is 50.4 Å². The van der Waals surface area contributed by atoms with Crippen LogP contribution in [0.3, 0.4) is 0 Å². The lowest BCUT2D eigenvalue weighted by molar-refractivity contribution is 0.0952. The van der Waals surface area contributed by atoms with Gasteiger partial charge < -0.3 is 5.32 Å². The Morgan fingerprint density at radius 1 is 1.40 bits per heavy atom. The number of carbonyl (C=O) groups excluding carboxylic acids is 1. The Labute approximate surface area is 155 Å². The number of carbonyl (C=O) groups is 1. The smallest absolute Gasteiger partial charge is 0.265 e. The molecule has 0 radical (unpaired) electrons. The molecule has 3 aromatic heterocycles. The standard InChI is InChI=1S/C17H21N5OS2/c1-4-6-13-16(25-21-19-13)17(23)18-10-14(15-7-5-8-24-15)22-12(3)9-11(2)20-22/h5,7-9,14H,4,6,10H2,1-3H3,(H,18,23). The third-order valence-corrected chi connectivity index (χ3v) is 5.66. The van der Waals surface area contributed by atoms with Gasteiger partial charge in [0.25, 0.3) is 5.91 Å². The molecule has 1 unspecified atom stereocenters. The lowest BCUT2D eigenvalue weighted by atomic mass is 10.2. The van der Waals surface area contributed by atoms with Gasteiger partial charge in [-0.1, -0.05) is 23.9 Å². The maximum Gasteiger partial charge on any atom is 0.265 e. The largest absolute Gasteiger partial charge is 0.349 e. The van der Waals surface area contributed by atoms with Gasteiger partial charge in [0.15, 0.2) is 0 Å². The van der Waals surface area contributed by atoms with E-state index in [1.54, 1.807) is 11.3 Å². The second kappa shape index (κ2) is 7.88. The zero-order valence-corrected chi connectivity index (χ0v) is 16.2. The van der Waals surface area contributed by atoms with Crippen LogP contribution in [0.1, 0.15) is 51.0 Å². The monoisotopic (exact) mass is 375 g/mol. The van der Waals surface area contributed by atoms with E-state index in [4.69, 9.17) is 0 Å². The van der Waals surface area contributed by atoms with Gasteiger partial charge in [-0.25, -0.2) is 0 Å². The highest BCUT2D eigenvalue weighted by atomic mass is 32.1. The van der Waals surface area contributed by atoms with Gasteiger partial charge >= 0.3 is 0 Å². The Kier molecular flexibility index (Phi) is 5.60. The van der Waals surface area contributed by atoms with Crippen molar-refractivity contribution in [2.75, 3.05) is 6.54 Å². The zero-order chi connectivity index (χ0) is 17.8. The molecule has 0 aliphatic carbocycles. The lowest BCUT2D eigenvalue weighted by Gasteiger charge is -2.18. The summed E-state index contributed by atoms with van der Waals surface area (Å²) in [6.07, 6.45) is 1.71. The summed E-state index contributed by atoms with van der Waals surface area (Å²) in [6, 6.07) is 6.13. The van der Waals surface area contributed by atoms with E-state index in [9.17, 15) is 4.79 Å². The number of aryl methyl sites for hydroxylation is 3. The van der Waals surface area contributed by atoms with Crippen LogP contribution in [0.4, 0.5) is 0 Å². The summed E-state index contributed by atoms with van der Waals surface area (Å²) in [5.41, 5.74) is 2.84. The molecule has 1 N–H and O–H groups in total. The Balaban J connectivity index is 1.78. The number of hydrogen-bond acceptors (Lipinski definition) is 6. The van der Waals surface area contributed by atoms with E-state index in [0.29, 0.717) is 11.4 Å². The normalized spacial score (nSPS) is 12.3. The van der Waals surface area contributed by atoms with Crippen molar-refractivity contribution >= 4 is 28.8 Å². The van der Waals surface area contributed by atoms with Crippen molar-refractivity contribution in [2.24, 2.45) is 0 Å². The topological polar surface area (TPSA) is 72.7 Å². The van der Waals surface area contributed by atoms with Crippen LogP contribution >= 0.6 is 22.9 Å². The summed E-state index contributed by atoms with van der Waals surface area (Å²) in [4.78, 5) is 14.4. The van der Waals surface area contributed by atoms with Gasteiger partial charge in [-0.05, 0) is 49.3 Å². The molecule has 1 amide bonds. The fraction of sp³-hybridized carbons (Fsp3) is 0.412. The Hall–Kier alpha value is -2.06. The summed E-state index contributed by atoms with van der Waals surface area (Å²) in [6.45, 7) is 6.56. The van der Waals surface area contributed by atoms with Crippen LogP contribution in [0.15, 0.2) is 23.6 Å². The average Bonchev–Trinajstić information content (AvgIpc) is 3.30. The molecule has 0 saturated heterocycles. The van der Waals surface area contributed by atoms with Crippen LogP contribution < -0.4 is 5.32 Å². The fourth-order valence-electron chi connectivity index (χ4n) is 2.80. The minimum Gasteiger partial charge on any atom is -0.349 e. The maximum absolute atomic E-state index is 12.6. The Morgan fingerprint density at radius 3 is 2.88 bits per heavy atom. The maximum atomic E-state index is 12.6. The molecule has 8 heteroatoms. The summed E-state index contributed by atoms with van der Waals surface area (Å²) in [7, 11) is 0. The highest BCUT2D eigenvalue weighted by molar-refractivity contribution is 7.10. The number of hydrogen-bond donors (Lipinski definition) is 1. The molecule has 132 valence electrons.